The molecular weight excluding hydrogens is 436 g/mol. The summed E-state index contributed by atoms with van der Waals surface area (Å²) >= 11 is 0. The van der Waals surface area contributed by atoms with Crippen LogP contribution in [0.25, 0.3) is 11.1 Å². The number of carbonyl (C=O) groups is 3. The number of nitrogens with zero attached hydrogens (tertiary/aromatic N) is 2. The molecule has 0 fully saturated rings. The van der Waals surface area contributed by atoms with E-state index in [1.54, 1.807) is 13.8 Å². The van der Waals surface area contributed by atoms with Crippen LogP contribution in [0, 0.1) is 5.41 Å². The fourth-order valence-electron chi connectivity index (χ4n) is 4.04. The Morgan fingerprint density at radius 2 is 1.65 bits per heavy atom. The summed E-state index contributed by atoms with van der Waals surface area (Å²) in [6.07, 6.45) is -0.617. The number of nitrogens with one attached hydrogen (secondary N) is 2. The van der Waals surface area contributed by atoms with Crippen molar-refractivity contribution in [3.8, 4) is 11.1 Å². The topological polar surface area (TPSA) is 123 Å². The molecule has 1 aromatic heterocycles. The van der Waals surface area contributed by atoms with Crippen LogP contribution in [-0.4, -0.2) is 46.0 Å². The first kappa shape index (κ1) is 23.0. The van der Waals surface area contributed by atoms with Gasteiger partial charge < -0.3 is 20.5 Å². The van der Waals surface area contributed by atoms with E-state index in [-0.39, 0.29) is 30.6 Å². The highest BCUT2D eigenvalue weighted by Gasteiger charge is 2.31. The Morgan fingerprint density at radius 3 is 2.21 bits per heavy atom. The molecule has 0 saturated heterocycles. The number of carboxylic acids is 1. The number of ether oxygens (including phenoxy) is 1. The number of hydrogen-bond acceptors (Lipinski definition) is 5. The van der Waals surface area contributed by atoms with Crippen molar-refractivity contribution in [2.24, 2.45) is 12.5 Å². The maximum Gasteiger partial charge on any atom is 0.407 e. The first-order valence-corrected chi connectivity index (χ1v) is 10.8. The Balaban J connectivity index is 1.33. The van der Waals surface area contributed by atoms with Crippen molar-refractivity contribution in [2.75, 3.05) is 18.5 Å². The van der Waals surface area contributed by atoms with Crippen molar-refractivity contribution < 1.29 is 24.2 Å². The highest BCUT2D eigenvalue weighted by Crippen LogP contribution is 2.44. The number of amides is 2. The monoisotopic (exact) mass is 462 g/mol. The number of aryl methyl sites for hydroxylation is 1. The first-order chi connectivity index (χ1) is 16.2. The zero-order chi connectivity index (χ0) is 24.5. The van der Waals surface area contributed by atoms with E-state index >= 15 is 0 Å². The zero-order valence-corrected chi connectivity index (χ0v) is 19.2. The zero-order valence-electron chi connectivity index (χ0n) is 19.2. The molecule has 34 heavy (non-hydrogen) atoms. The maximum atomic E-state index is 12.7. The van der Waals surface area contributed by atoms with Crippen LogP contribution in [0.5, 0.6) is 0 Å². The summed E-state index contributed by atoms with van der Waals surface area (Å²) in [4.78, 5) is 36.3. The third-order valence-electron chi connectivity index (χ3n) is 5.97. The summed E-state index contributed by atoms with van der Waals surface area (Å²) in [5.41, 5.74) is 3.48. The molecule has 3 N–H and O–H groups in total. The van der Waals surface area contributed by atoms with Gasteiger partial charge in [0.25, 0.3) is 0 Å². The largest absolute Gasteiger partial charge is 0.477 e. The molecule has 1 heterocycles. The van der Waals surface area contributed by atoms with Crippen molar-refractivity contribution in [2.45, 2.75) is 19.8 Å². The second kappa shape index (κ2) is 9.01. The lowest BCUT2D eigenvalue weighted by molar-refractivity contribution is -0.123. The number of benzene rings is 2. The van der Waals surface area contributed by atoms with Crippen LogP contribution < -0.4 is 10.6 Å². The summed E-state index contributed by atoms with van der Waals surface area (Å²) in [7, 11) is 1.48. The lowest BCUT2D eigenvalue weighted by Gasteiger charge is -2.23. The summed E-state index contributed by atoms with van der Waals surface area (Å²) in [5, 5.41) is 18.4. The van der Waals surface area contributed by atoms with Crippen molar-refractivity contribution in [1.29, 1.82) is 0 Å². The van der Waals surface area contributed by atoms with Crippen LogP contribution in [0.15, 0.2) is 54.6 Å². The van der Waals surface area contributed by atoms with Gasteiger partial charge in [0.1, 0.15) is 12.3 Å². The van der Waals surface area contributed by atoms with E-state index in [2.05, 4.69) is 27.9 Å². The molecular formula is C25H26N4O5. The fraction of sp³-hybridized carbons (Fsp3) is 0.280. The van der Waals surface area contributed by atoms with Gasteiger partial charge in [0, 0.05) is 25.6 Å². The third-order valence-corrected chi connectivity index (χ3v) is 5.97. The van der Waals surface area contributed by atoms with Crippen LogP contribution in [0.3, 0.4) is 0 Å². The van der Waals surface area contributed by atoms with Gasteiger partial charge in [0.15, 0.2) is 5.82 Å². The van der Waals surface area contributed by atoms with E-state index in [1.807, 2.05) is 36.4 Å². The van der Waals surface area contributed by atoms with Crippen LogP contribution in [0.1, 0.15) is 41.4 Å². The van der Waals surface area contributed by atoms with Crippen LogP contribution in [0.4, 0.5) is 10.6 Å². The van der Waals surface area contributed by atoms with E-state index in [9.17, 15) is 14.4 Å². The average molecular weight is 463 g/mol. The fourth-order valence-corrected chi connectivity index (χ4v) is 4.04. The van der Waals surface area contributed by atoms with Gasteiger partial charge in [-0.1, -0.05) is 48.5 Å². The van der Waals surface area contributed by atoms with Crippen LogP contribution in [0.2, 0.25) is 0 Å². The molecule has 0 spiro atoms. The van der Waals surface area contributed by atoms with Gasteiger partial charge in [-0.2, -0.15) is 5.10 Å². The Kier molecular flexibility index (Phi) is 6.10. The van der Waals surface area contributed by atoms with Gasteiger partial charge >= 0.3 is 12.1 Å². The molecule has 9 heteroatoms. The van der Waals surface area contributed by atoms with Gasteiger partial charge in [0.05, 0.1) is 5.41 Å². The molecule has 0 saturated carbocycles. The van der Waals surface area contributed by atoms with Crippen molar-refractivity contribution in [1.82, 2.24) is 15.1 Å². The molecule has 2 aromatic carbocycles. The van der Waals surface area contributed by atoms with Gasteiger partial charge in [-0.15, -0.1) is 0 Å². The number of fused-ring (bicyclic) bond motifs is 3. The third kappa shape index (κ3) is 4.50. The molecule has 176 valence electrons. The first-order valence-electron chi connectivity index (χ1n) is 10.8. The standard InChI is InChI=1S/C25H26N4O5/c1-25(2,23(32)27-21-12-20(22(30)31)29(3)28-21)14-26-24(33)34-13-19-17-10-6-4-8-15(17)16-9-5-7-11-18(16)19/h4-12,19H,13-14H2,1-3H3,(H,26,33)(H,30,31)(H,27,28,32). The molecule has 1 aliphatic carbocycles. The Bertz CT molecular complexity index is 1220. The lowest BCUT2D eigenvalue weighted by atomic mass is 9.92. The summed E-state index contributed by atoms with van der Waals surface area (Å²) in [6, 6.07) is 17.4. The van der Waals surface area contributed by atoms with E-state index < -0.39 is 23.4 Å². The normalized spacial score (nSPS) is 12.6. The minimum Gasteiger partial charge on any atom is -0.477 e. The highest BCUT2D eigenvalue weighted by atomic mass is 16.5. The molecule has 0 unspecified atom stereocenters. The number of alkyl carbamates (subject to hydrolysis) is 1. The van der Waals surface area contributed by atoms with Crippen molar-refractivity contribution in [3.05, 3.63) is 71.4 Å². The Hall–Kier alpha value is -4.14. The predicted octanol–water partition coefficient (Wildman–Crippen LogP) is 3.62. The smallest absolute Gasteiger partial charge is 0.407 e. The molecule has 3 aromatic rings. The molecule has 0 radical (unpaired) electrons. The van der Waals surface area contributed by atoms with E-state index in [0.717, 1.165) is 22.3 Å². The number of carboxylic acid groups (broad SMARTS) is 1. The summed E-state index contributed by atoms with van der Waals surface area (Å²) in [5.74, 6) is -1.49. The number of hydrogen-bond donors (Lipinski definition) is 3. The van der Waals surface area contributed by atoms with Crippen LogP contribution >= 0.6 is 0 Å². The number of anilines is 1. The number of rotatable bonds is 7. The highest BCUT2D eigenvalue weighted by molar-refractivity contribution is 5.95. The van der Waals surface area contributed by atoms with Gasteiger partial charge in [0.2, 0.25) is 5.91 Å². The number of carbonyl (C=O) groups excluding carboxylic acids is 2. The molecule has 0 aliphatic heterocycles. The van der Waals surface area contributed by atoms with Gasteiger partial charge in [-0.3, -0.25) is 9.48 Å². The predicted molar refractivity (Wildman–Crippen MR) is 126 cm³/mol. The Morgan fingerprint density at radius 1 is 1.06 bits per heavy atom. The lowest BCUT2D eigenvalue weighted by Crippen LogP contribution is -2.42. The van der Waals surface area contributed by atoms with Crippen molar-refractivity contribution in [3.63, 3.8) is 0 Å². The summed E-state index contributed by atoms with van der Waals surface area (Å²) in [6.45, 7) is 3.52. The molecule has 0 atom stereocenters. The van der Waals surface area contributed by atoms with E-state index in [4.69, 9.17) is 9.84 Å². The molecule has 0 bridgehead atoms. The van der Waals surface area contributed by atoms with E-state index in [1.165, 1.54) is 17.8 Å². The maximum absolute atomic E-state index is 12.7. The number of aromatic nitrogens is 2. The van der Waals surface area contributed by atoms with Crippen molar-refractivity contribution >= 4 is 23.8 Å². The molecule has 9 nitrogen and oxygen atoms in total. The number of aromatic carboxylic acids is 1. The van der Waals surface area contributed by atoms with Crippen LogP contribution in [-0.2, 0) is 16.6 Å². The van der Waals surface area contributed by atoms with E-state index in [0.29, 0.717) is 0 Å². The SMILES string of the molecule is Cn1nc(NC(=O)C(C)(C)CNC(=O)OCC2c3ccccc3-c3ccccc32)cc1C(=O)O. The van der Waals surface area contributed by atoms with Gasteiger partial charge in [-0.05, 0) is 36.1 Å². The molecule has 1 aliphatic rings. The molecule has 4 rings (SSSR count). The molecule has 2 amide bonds. The Labute approximate surface area is 196 Å². The second-order valence-electron chi connectivity index (χ2n) is 8.86. The minimum absolute atomic E-state index is 0.0220. The second-order valence-corrected chi connectivity index (χ2v) is 8.86. The minimum atomic E-state index is -1.15. The average Bonchev–Trinajstić information content (AvgIpc) is 3.34. The quantitative estimate of drug-likeness (QED) is 0.493. The summed E-state index contributed by atoms with van der Waals surface area (Å²) < 4.78 is 6.68. The van der Waals surface area contributed by atoms with Gasteiger partial charge in [-0.25, -0.2) is 9.59 Å².